The van der Waals surface area contributed by atoms with E-state index in [4.69, 9.17) is 9.47 Å². The summed E-state index contributed by atoms with van der Waals surface area (Å²) in [5.41, 5.74) is 2.15. The second-order valence-electron chi connectivity index (χ2n) is 10.8. The first-order valence-corrected chi connectivity index (χ1v) is 14.0. The summed E-state index contributed by atoms with van der Waals surface area (Å²) in [7, 11) is 1.42. The van der Waals surface area contributed by atoms with Gasteiger partial charge in [-0.25, -0.2) is 0 Å². The predicted molar refractivity (Wildman–Crippen MR) is 157 cm³/mol. The Bertz CT molecular complexity index is 1530. The number of anilines is 2. The maximum Gasteiger partial charge on any atom is 0.416 e. The first kappa shape index (κ1) is 29.4. The fourth-order valence-electron chi connectivity index (χ4n) is 5.64. The van der Waals surface area contributed by atoms with E-state index in [1.54, 1.807) is 6.07 Å². The number of piperidine rings is 1. The maximum absolute atomic E-state index is 13.8. The van der Waals surface area contributed by atoms with E-state index in [9.17, 15) is 18.0 Å². The van der Waals surface area contributed by atoms with E-state index in [0.717, 1.165) is 34.3 Å². The van der Waals surface area contributed by atoms with Crippen molar-refractivity contribution in [2.24, 2.45) is 5.41 Å². The number of ether oxygens (including phenoxy) is 2. The number of halogens is 3. The number of nitrogens with zero attached hydrogens (tertiary/aromatic N) is 2. The molecule has 0 atom stereocenters. The number of benzene rings is 3. The third-order valence-corrected chi connectivity index (χ3v) is 7.85. The Kier molecular flexibility index (Phi) is 8.68. The fraction of sp³-hybridized carbons (Fsp3) is 0.333. The minimum absolute atomic E-state index is 0.132. The molecule has 3 aromatic carbocycles. The van der Waals surface area contributed by atoms with E-state index in [2.05, 4.69) is 15.2 Å². The Morgan fingerprint density at radius 2 is 1.71 bits per heavy atom. The fourth-order valence-corrected chi connectivity index (χ4v) is 5.64. The highest BCUT2D eigenvalue weighted by atomic mass is 19.4. The average molecular weight is 578 g/mol. The van der Waals surface area contributed by atoms with Gasteiger partial charge in [0.2, 0.25) is 0 Å². The highest BCUT2D eigenvalue weighted by Crippen LogP contribution is 2.38. The number of alkyl halides is 3. The number of para-hydroxylation sites is 1. The Balaban J connectivity index is 1.25. The quantitative estimate of drug-likeness (QED) is 0.213. The van der Waals surface area contributed by atoms with Gasteiger partial charge in [-0.2, -0.15) is 13.2 Å². The third-order valence-electron chi connectivity index (χ3n) is 7.85. The molecular weight excluding hydrogens is 543 g/mol. The number of aryl methyl sites for hydroxylation is 1. The number of hydrogen-bond donors (Lipinski definition) is 1. The van der Waals surface area contributed by atoms with Crippen LogP contribution in [0.3, 0.4) is 0 Å². The standard InChI is InChI=1S/C33H34F3N3O3/c1-23-18-30(28-10-6-7-11-29(28)37-23)38-26-19-25(33(34,35)36)20-27(21-26)42-17-16-39-14-12-32(13-15-39,31(40)41-2)22-24-8-4-3-5-9-24/h3-11,18-21H,12-17,22H2,1-2H3,(H,37,38). The highest BCUT2D eigenvalue weighted by Gasteiger charge is 2.42. The van der Waals surface area contributed by atoms with Crippen LogP contribution in [0, 0.1) is 12.3 Å². The highest BCUT2D eigenvalue weighted by molar-refractivity contribution is 5.93. The van der Waals surface area contributed by atoms with Crippen LogP contribution in [0.1, 0.15) is 29.7 Å². The molecule has 4 aromatic rings. The SMILES string of the molecule is COC(=O)C1(Cc2ccccc2)CCN(CCOc2cc(Nc3cc(C)nc4ccccc34)cc(C(F)(F)F)c2)CC1. The molecule has 9 heteroatoms. The van der Waals surface area contributed by atoms with Crippen molar-refractivity contribution in [3.8, 4) is 5.75 Å². The molecule has 1 N–H and O–H groups in total. The number of carbonyl (C=O) groups excluding carboxylic acids is 1. The van der Waals surface area contributed by atoms with Gasteiger partial charge in [-0.3, -0.25) is 14.7 Å². The smallest absolute Gasteiger partial charge is 0.416 e. The van der Waals surface area contributed by atoms with Gasteiger partial charge in [0.15, 0.2) is 0 Å². The predicted octanol–water partition coefficient (Wildman–Crippen LogP) is 7.18. The maximum atomic E-state index is 13.8. The van der Waals surface area contributed by atoms with Gasteiger partial charge in [-0.1, -0.05) is 48.5 Å². The number of hydrogen-bond acceptors (Lipinski definition) is 6. The zero-order chi connectivity index (χ0) is 29.7. The van der Waals surface area contributed by atoms with Gasteiger partial charge in [0.1, 0.15) is 12.4 Å². The van der Waals surface area contributed by atoms with Gasteiger partial charge in [-0.15, -0.1) is 0 Å². The van der Waals surface area contributed by atoms with Crippen LogP contribution in [0.25, 0.3) is 10.9 Å². The summed E-state index contributed by atoms with van der Waals surface area (Å²) < 4.78 is 52.4. The van der Waals surface area contributed by atoms with Crippen LogP contribution in [-0.2, 0) is 22.1 Å². The van der Waals surface area contributed by atoms with Gasteiger partial charge in [0, 0.05) is 35.1 Å². The van der Waals surface area contributed by atoms with Gasteiger partial charge >= 0.3 is 12.1 Å². The monoisotopic (exact) mass is 577 g/mol. The Morgan fingerprint density at radius 1 is 1.00 bits per heavy atom. The van der Waals surface area contributed by atoms with Crippen LogP contribution in [0.4, 0.5) is 24.5 Å². The summed E-state index contributed by atoms with van der Waals surface area (Å²) in [4.78, 5) is 19.5. The minimum Gasteiger partial charge on any atom is -0.492 e. The molecule has 1 saturated heterocycles. The largest absolute Gasteiger partial charge is 0.492 e. The lowest BCUT2D eigenvalue weighted by Crippen LogP contribution is -2.47. The van der Waals surface area contributed by atoms with Gasteiger partial charge in [0.25, 0.3) is 0 Å². The van der Waals surface area contributed by atoms with E-state index < -0.39 is 17.2 Å². The van der Waals surface area contributed by atoms with Crippen molar-refractivity contribution in [2.75, 3.05) is 38.7 Å². The van der Waals surface area contributed by atoms with Gasteiger partial charge < -0.3 is 14.8 Å². The number of nitrogens with one attached hydrogen (secondary N) is 1. The van der Waals surface area contributed by atoms with Crippen LogP contribution in [0.15, 0.2) is 78.9 Å². The van der Waals surface area contributed by atoms with E-state index in [0.29, 0.717) is 44.6 Å². The summed E-state index contributed by atoms with van der Waals surface area (Å²) in [5.74, 6) is -0.0733. The van der Waals surface area contributed by atoms with Crippen LogP contribution >= 0.6 is 0 Å². The lowest BCUT2D eigenvalue weighted by Gasteiger charge is -2.39. The van der Waals surface area contributed by atoms with Crippen molar-refractivity contribution in [3.63, 3.8) is 0 Å². The summed E-state index contributed by atoms with van der Waals surface area (Å²) in [6.07, 6.45) is -2.66. The molecule has 0 bridgehead atoms. The zero-order valence-corrected chi connectivity index (χ0v) is 23.7. The molecule has 6 nitrogen and oxygen atoms in total. The van der Waals surface area contributed by atoms with Gasteiger partial charge in [-0.05, 0) is 69.1 Å². The first-order valence-electron chi connectivity index (χ1n) is 14.0. The van der Waals surface area contributed by atoms with E-state index in [-0.39, 0.29) is 24.0 Å². The number of methoxy groups -OCH3 is 1. The van der Waals surface area contributed by atoms with E-state index >= 15 is 0 Å². The second kappa shape index (κ2) is 12.4. The molecule has 220 valence electrons. The molecule has 42 heavy (non-hydrogen) atoms. The summed E-state index contributed by atoms with van der Waals surface area (Å²) in [6, 6.07) is 22.9. The topological polar surface area (TPSA) is 63.7 Å². The lowest BCUT2D eigenvalue weighted by molar-refractivity contribution is -0.156. The van der Waals surface area contributed by atoms with Crippen LogP contribution in [0.2, 0.25) is 0 Å². The second-order valence-corrected chi connectivity index (χ2v) is 10.8. The molecule has 0 unspecified atom stereocenters. The number of fused-ring (bicyclic) bond motifs is 1. The summed E-state index contributed by atoms with van der Waals surface area (Å²) in [6.45, 7) is 3.90. The summed E-state index contributed by atoms with van der Waals surface area (Å²) in [5, 5.41) is 3.96. The Morgan fingerprint density at radius 3 is 2.43 bits per heavy atom. The first-order chi connectivity index (χ1) is 20.1. The third kappa shape index (κ3) is 6.85. The molecule has 1 fully saturated rings. The number of carbonyl (C=O) groups is 1. The van der Waals surface area contributed by atoms with E-state index in [1.165, 1.54) is 7.11 Å². The van der Waals surface area contributed by atoms with Crippen LogP contribution < -0.4 is 10.1 Å². The average Bonchev–Trinajstić information content (AvgIpc) is 2.97. The van der Waals surface area contributed by atoms with Crippen molar-refractivity contribution in [1.82, 2.24) is 9.88 Å². The van der Waals surface area contributed by atoms with Crippen molar-refractivity contribution in [1.29, 1.82) is 0 Å². The molecule has 2 heterocycles. The number of likely N-dealkylation sites (tertiary alicyclic amines) is 1. The molecule has 1 aromatic heterocycles. The van der Waals surface area contributed by atoms with Crippen LogP contribution in [0.5, 0.6) is 5.75 Å². The lowest BCUT2D eigenvalue weighted by atomic mass is 9.73. The molecule has 0 radical (unpaired) electrons. The molecule has 0 aliphatic carbocycles. The molecule has 1 aliphatic rings. The van der Waals surface area contributed by atoms with Crippen molar-refractivity contribution < 1.29 is 27.4 Å². The van der Waals surface area contributed by atoms with Crippen molar-refractivity contribution in [3.05, 3.63) is 95.7 Å². The number of esters is 1. The van der Waals surface area contributed by atoms with E-state index in [1.807, 2.05) is 67.6 Å². The number of pyridine rings is 1. The van der Waals surface area contributed by atoms with Crippen molar-refractivity contribution in [2.45, 2.75) is 32.4 Å². The van der Waals surface area contributed by atoms with Crippen molar-refractivity contribution >= 4 is 28.2 Å². The molecule has 0 saturated carbocycles. The Hall–Kier alpha value is -4.11. The van der Waals surface area contributed by atoms with Gasteiger partial charge in [0.05, 0.1) is 23.6 Å². The Labute approximate surface area is 243 Å². The normalized spacial score (nSPS) is 15.4. The minimum atomic E-state index is -4.53. The summed E-state index contributed by atoms with van der Waals surface area (Å²) >= 11 is 0. The molecule has 1 aliphatic heterocycles. The zero-order valence-electron chi connectivity index (χ0n) is 23.7. The van der Waals surface area contributed by atoms with Crippen LogP contribution in [-0.4, -0.2) is 49.2 Å². The molecule has 0 spiro atoms. The molecule has 5 rings (SSSR count). The molecule has 0 amide bonds. The number of aromatic nitrogens is 1. The number of rotatable bonds is 9. The molecular formula is C33H34F3N3O3.